The van der Waals surface area contributed by atoms with Crippen LogP contribution in [0.4, 0.5) is 11.4 Å². The lowest BCUT2D eigenvalue weighted by atomic mass is 9.96. The van der Waals surface area contributed by atoms with Crippen molar-refractivity contribution in [1.29, 1.82) is 0 Å². The van der Waals surface area contributed by atoms with E-state index in [9.17, 15) is 9.59 Å². The number of piperidine rings is 1. The number of fused-ring (bicyclic) bond motifs is 1. The van der Waals surface area contributed by atoms with E-state index < -0.39 is 0 Å². The fourth-order valence-corrected chi connectivity index (χ4v) is 4.63. The molecule has 0 radical (unpaired) electrons. The second kappa shape index (κ2) is 9.02. The van der Waals surface area contributed by atoms with E-state index in [1.807, 2.05) is 79.7 Å². The molecule has 2 amide bonds. The Labute approximate surface area is 198 Å². The summed E-state index contributed by atoms with van der Waals surface area (Å²) < 4.78 is 2.09. The summed E-state index contributed by atoms with van der Waals surface area (Å²) in [5.74, 6) is 0.450. The number of para-hydroxylation sites is 1. The lowest BCUT2D eigenvalue weighted by Gasteiger charge is -2.32. The van der Waals surface area contributed by atoms with Crippen molar-refractivity contribution in [2.45, 2.75) is 19.8 Å². The Balaban J connectivity index is 1.29. The zero-order chi connectivity index (χ0) is 23.7. The van der Waals surface area contributed by atoms with Crippen molar-refractivity contribution in [2.75, 3.05) is 23.3 Å². The van der Waals surface area contributed by atoms with Gasteiger partial charge in [0.05, 0.1) is 11.0 Å². The number of aromatic nitrogens is 2. The molecule has 1 saturated heterocycles. The van der Waals surface area contributed by atoms with Gasteiger partial charge in [-0.1, -0.05) is 18.2 Å². The fourth-order valence-electron chi connectivity index (χ4n) is 4.63. The van der Waals surface area contributed by atoms with Gasteiger partial charge in [0.25, 0.3) is 5.91 Å². The molecule has 5 rings (SSSR count). The van der Waals surface area contributed by atoms with Crippen LogP contribution in [0.25, 0.3) is 16.7 Å². The van der Waals surface area contributed by atoms with Gasteiger partial charge in [0.1, 0.15) is 5.82 Å². The summed E-state index contributed by atoms with van der Waals surface area (Å²) in [4.78, 5) is 31.2. The Hall–Kier alpha value is -4.13. The van der Waals surface area contributed by atoms with Crippen molar-refractivity contribution in [3.63, 3.8) is 0 Å². The maximum atomic E-state index is 12.9. The number of nitrogens with two attached hydrogens (primary N) is 1. The molecule has 3 aromatic carbocycles. The third-order valence-electron chi connectivity index (χ3n) is 6.49. The van der Waals surface area contributed by atoms with Crippen LogP contribution < -0.4 is 16.0 Å². The lowest BCUT2D eigenvalue weighted by Crippen LogP contribution is -2.38. The smallest absolute Gasteiger partial charge is 0.255 e. The topological polar surface area (TPSA) is 93.2 Å². The van der Waals surface area contributed by atoms with Gasteiger partial charge in [0, 0.05) is 41.6 Å². The zero-order valence-corrected chi connectivity index (χ0v) is 19.1. The standard InChI is InChI=1S/C27H27N5O2/c1-18-29-24-17-20(7-12-25(24)32(18)23-5-3-2-4-6-23)27(34)30-21-8-10-22(11-9-21)31-15-13-19(14-16-31)26(28)33/h2-12,17,19H,13-16H2,1H3,(H2,28,33)(H,30,34). The SMILES string of the molecule is Cc1nc2cc(C(=O)Nc3ccc(N4CCC(C(N)=O)CC4)cc3)ccc2n1-c1ccccc1. The zero-order valence-electron chi connectivity index (χ0n) is 19.1. The van der Waals surface area contributed by atoms with E-state index in [1.165, 1.54) is 0 Å². The molecule has 172 valence electrons. The molecule has 34 heavy (non-hydrogen) atoms. The van der Waals surface area contributed by atoms with Gasteiger partial charge in [-0.3, -0.25) is 14.2 Å². The van der Waals surface area contributed by atoms with Crippen LogP contribution in [-0.4, -0.2) is 34.5 Å². The molecule has 0 saturated carbocycles. The molecule has 0 bridgehead atoms. The van der Waals surface area contributed by atoms with Crippen molar-refractivity contribution in [3.8, 4) is 5.69 Å². The first-order valence-electron chi connectivity index (χ1n) is 11.5. The normalized spacial score (nSPS) is 14.3. The van der Waals surface area contributed by atoms with Crippen LogP contribution >= 0.6 is 0 Å². The third kappa shape index (κ3) is 4.24. The number of carbonyl (C=O) groups excluding carboxylic acids is 2. The number of hydrogen-bond donors (Lipinski definition) is 2. The van der Waals surface area contributed by atoms with Gasteiger partial charge < -0.3 is 16.0 Å². The Bertz CT molecular complexity index is 1340. The predicted octanol–water partition coefficient (Wildman–Crippen LogP) is 4.29. The summed E-state index contributed by atoms with van der Waals surface area (Å²) in [7, 11) is 0. The number of primary amides is 1. The van der Waals surface area contributed by atoms with E-state index in [4.69, 9.17) is 5.73 Å². The van der Waals surface area contributed by atoms with Crippen LogP contribution in [-0.2, 0) is 4.79 Å². The molecular formula is C27H27N5O2. The third-order valence-corrected chi connectivity index (χ3v) is 6.49. The van der Waals surface area contributed by atoms with Gasteiger partial charge in [0.2, 0.25) is 5.91 Å². The van der Waals surface area contributed by atoms with Crippen LogP contribution in [0.3, 0.4) is 0 Å². The van der Waals surface area contributed by atoms with Crippen LogP contribution in [0.2, 0.25) is 0 Å². The minimum Gasteiger partial charge on any atom is -0.371 e. The average Bonchev–Trinajstić information content (AvgIpc) is 3.20. The Kier molecular flexibility index (Phi) is 5.76. The minimum atomic E-state index is -0.210. The molecule has 2 heterocycles. The predicted molar refractivity (Wildman–Crippen MR) is 134 cm³/mol. The molecule has 0 unspecified atom stereocenters. The number of anilines is 2. The van der Waals surface area contributed by atoms with Crippen molar-refractivity contribution in [3.05, 3.63) is 84.2 Å². The monoisotopic (exact) mass is 453 g/mol. The average molecular weight is 454 g/mol. The summed E-state index contributed by atoms with van der Waals surface area (Å²) in [6.45, 7) is 3.56. The molecule has 7 nitrogen and oxygen atoms in total. The summed E-state index contributed by atoms with van der Waals surface area (Å²) >= 11 is 0. The number of rotatable bonds is 5. The minimum absolute atomic E-state index is 0.0324. The number of hydrogen-bond acceptors (Lipinski definition) is 4. The Morgan fingerprint density at radius 3 is 2.32 bits per heavy atom. The van der Waals surface area contributed by atoms with Gasteiger partial charge in [-0.05, 0) is 74.4 Å². The summed E-state index contributed by atoms with van der Waals surface area (Å²) in [5, 5.41) is 2.97. The van der Waals surface area contributed by atoms with Crippen molar-refractivity contribution in [1.82, 2.24) is 9.55 Å². The van der Waals surface area contributed by atoms with Gasteiger partial charge in [0.15, 0.2) is 0 Å². The Morgan fingerprint density at radius 1 is 0.941 bits per heavy atom. The number of imidazole rings is 1. The summed E-state index contributed by atoms with van der Waals surface area (Å²) in [6, 6.07) is 23.5. The van der Waals surface area contributed by atoms with Crippen LogP contribution in [0.1, 0.15) is 29.0 Å². The molecule has 3 N–H and O–H groups in total. The first-order valence-corrected chi connectivity index (χ1v) is 11.5. The number of aryl methyl sites for hydroxylation is 1. The highest BCUT2D eigenvalue weighted by Crippen LogP contribution is 2.26. The lowest BCUT2D eigenvalue weighted by molar-refractivity contribution is -0.122. The van der Waals surface area contributed by atoms with E-state index in [1.54, 1.807) is 0 Å². The largest absolute Gasteiger partial charge is 0.371 e. The number of nitrogens with one attached hydrogen (secondary N) is 1. The molecule has 1 aliphatic rings. The molecular weight excluding hydrogens is 426 g/mol. The summed E-state index contributed by atoms with van der Waals surface area (Å²) in [5.41, 5.74) is 10.6. The molecule has 1 fully saturated rings. The molecule has 1 aromatic heterocycles. The van der Waals surface area contributed by atoms with E-state index >= 15 is 0 Å². The molecule has 0 atom stereocenters. The second-order valence-electron chi connectivity index (χ2n) is 8.70. The Morgan fingerprint density at radius 2 is 1.65 bits per heavy atom. The van der Waals surface area contributed by atoms with Crippen LogP contribution in [0, 0.1) is 12.8 Å². The fraction of sp³-hybridized carbons (Fsp3) is 0.222. The number of carbonyl (C=O) groups is 2. The summed E-state index contributed by atoms with van der Waals surface area (Å²) in [6.07, 6.45) is 1.55. The van der Waals surface area contributed by atoms with Gasteiger partial charge in [-0.15, -0.1) is 0 Å². The van der Waals surface area contributed by atoms with Gasteiger partial charge in [-0.2, -0.15) is 0 Å². The number of amides is 2. The van der Waals surface area contributed by atoms with Gasteiger partial charge in [-0.25, -0.2) is 4.98 Å². The first kappa shape index (κ1) is 21.7. The van der Waals surface area contributed by atoms with Crippen LogP contribution in [0.15, 0.2) is 72.8 Å². The molecule has 1 aliphatic heterocycles. The van der Waals surface area contributed by atoms with E-state index in [0.29, 0.717) is 5.56 Å². The van der Waals surface area contributed by atoms with Crippen molar-refractivity contribution in [2.24, 2.45) is 11.7 Å². The second-order valence-corrected chi connectivity index (χ2v) is 8.70. The molecule has 0 spiro atoms. The van der Waals surface area contributed by atoms with E-state index in [-0.39, 0.29) is 17.7 Å². The number of nitrogens with zero attached hydrogens (tertiary/aromatic N) is 3. The molecule has 4 aromatic rings. The quantitative estimate of drug-likeness (QED) is 0.471. The molecule has 0 aliphatic carbocycles. The number of benzene rings is 3. The van der Waals surface area contributed by atoms with E-state index in [0.717, 1.165) is 59.9 Å². The highest BCUT2D eigenvalue weighted by molar-refractivity contribution is 6.06. The van der Waals surface area contributed by atoms with E-state index in [2.05, 4.69) is 19.8 Å². The first-order chi connectivity index (χ1) is 16.5. The van der Waals surface area contributed by atoms with Crippen LogP contribution in [0.5, 0.6) is 0 Å². The maximum Gasteiger partial charge on any atom is 0.255 e. The maximum absolute atomic E-state index is 12.9. The van der Waals surface area contributed by atoms with Crippen molar-refractivity contribution < 1.29 is 9.59 Å². The van der Waals surface area contributed by atoms with Gasteiger partial charge >= 0.3 is 0 Å². The highest BCUT2D eigenvalue weighted by atomic mass is 16.2. The molecule has 7 heteroatoms. The highest BCUT2D eigenvalue weighted by Gasteiger charge is 2.23. The van der Waals surface area contributed by atoms with Crippen molar-refractivity contribution >= 4 is 34.2 Å².